The minimum absolute atomic E-state index is 0.253. The lowest BCUT2D eigenvalue weighted by Gasteiger charge is -2.26. The van der Waals surface area contributed by atoms with Crippen molar-refractivity contribution in [1.29, 1.82) is 0 Å². The fraction of sp³-hybridized carbons (Fsp3) is 0.0217. The van der Waals surface area contributed by atoms with Crippen LogP contribution in [0.4, 0.5) is 0 Å². The highest BCUT2D eigenvalue weighted by atomic mass is 16.3. The predicted molar refractivity (Wildman–Crippen MR) is 205 cm³/mol. The van der Waals surface area contributed by atoms with E-state index in [1.165, 1.54) is 0 Å². The third-order valence-corrected chi connectivity index (χ3v) is 9.73. The zero-order valence-corrected chi connectivity index (χ0v) is 27.0. The van der Waals surface area contributed by atoms with Crippen molar-refractivity contribution in [2.45, 2.75) is 6.17 Å². The maximum absolute atomic E-state index is 6.20. The Balaban J connectivity index is 1.20. The average Bonchev–Trinajstić information content (AvgIpc) is 3.76. The third kappa shape index (κ3) is 4.81. The topological polar surface area (TPSA) is 50.7 Å². The van der Waals surface area contributed by atoms with E-state index in [1.54, 1.807) is 0 Å². The summed E-state index contributed by atoms with van der Waals surface area (Å²) in [6, 6.07) is 57.1. The van der Waals surface area contributed by atoms with E-state index in [1.807, 2.05) is 36.4 Å². The van der Waals surface area contributed by atoms with E-state index < -0.39 is 0 Å². The van der Waals surface area contributed by atoms with E-state index >= 15 is 0 Å². The molecule has 4 nitrogen and oxygen atoms in total. The number of furan rings is 2. The van der Waals surface area contributed by atoms with E-state index in [4.69, 9.17) is 13.8 Å². The van der Waals surface area contributed by atoms with E-state index in [-0.39, 0.29) is 6.17 Å². The fourth-order valence-corrected chi connectivity index (χ4v) is 7.25. The molecular weight excluding hydrogens is 613 g/mol. The number of nitrogens with one attached hydrogen (secondary N) is 1. The molecule has 7 aromatic carbocycles. The Bertz CT molecular complexity index is 2790. The van der Waals surface area contributed by atoms with Gasteiger partial charge in [0.15, 0.2) is 0 Å². The molecule has 0 saturated heterocycles. The van der Waals surface area contributed by atoms with Gasteiger partial charge in [-0.3, -0.25) is 4.99 Å². The number of rotatable bonds is 5. The van der Waals surface area contributed by atoms with Gasteiger partial charge in [0.25, 0.3) is 0 Å². The Kier molecular flexibility index (Phi) is 6.53. The van der Waals surface area contributed by atoms with Gasteiger partial charge in [-0.2, -0.15) is 0 Å². The Morgan fingerprint density at radius 2 is 0.960 bits per heavy atom. The molecule has 0 saturated carbocycles. The zero-order valence-electron chi connectivity index (χ0n) is 27.0. The molecule has 0 radical (unpaired) electrons. The van der Waals surface area contributed by atoms with Crippen molar-refractivity contribution in [3.05, 3.63) is 187 Å². The molecule has 0 aliphatic carbocycles. The third-order valence-electron chi connectivity index (χ3n) is 9.73. The molecule has 2 aromatic heterocycles. The molecule has 1 aliphatic rings. The van der Waals surface area contributed by atoms with Gasteiger partial charge in [0.05, 0.1) is 5.71 Å². The summed E-state index contributed by atoms with van der Waals surface area (Å²) in [6.07, 6.45) is 1.94. The SMILES string of the molecule is C1=C(c2ccccc2)NC(c2ccccc2)N=C1c1cc(-c2ccc3oc4ccccc4c3c2)ccc1-c1ccc2oc3ccccc3c2c1. The molecule has 1 N–H and O–H groups in total. The molecule has 50 heavy (non-hydrogen) atoms. The molecule has 0 spiro atoms. The smallest absolute Gasteiger partial charge is 0.145 e. The zero-order chi connectivity index (χ0) is 33.0. The number of aliphatic imine (C=N–C) groups is 1. The molecular formula is C46H30N2O2. The molecule has 10 rings (SSSR count). The normalized spacial score (nSPS) is 14.6. The molecule has 0 fully saturated rings. The van der Waals surface area contributed by atoms with Gasteiger partial charge in [0, 0.05) is 32.8 Å². The van der Waals surface area contributed by atoms with Crippen LogP contribution in [-0.2, 0) is 0 Å². The van der Waals surface area contributed by atoms with Crippen LogP contribution in [0.25, 0.3) is 71.8 Å². The standard InChI is InChI=1S/C46H30N2O2/c1-3-11-29(12-4-1)40-28-41(48-46(47-40)30-13-5-2-6-14-30)37-25-31(32-20-23-44-38(26-32)35-15-7-9-17-42(35)49-44)19-22-34(37)33-21-24-45-39(27-33)36-16-8-10-18-43(36)50-45/h1-28,46-47H. The molecule has 236 valence electrons. The minimum Gasteiger partial charge on any atom is -0.456 e. The molecule has 0 amide bonds. The van der Waals surface area contributed by atoms with Gasteiger partial charge in [-0.15, -0.1) is 0 Å². The van der Waals surface area contributed by atoms with Crippen molar-refractivity contribution < 1.29 is 8.83 Å². The highest BCUT2D eigenvalue weighted by Gasteiger charge is 2.22. The van der Waals surface area contributed by atoms with Crippen molar-refractivity contribution in [3.63, 3.8) is 0 Å². The summed E-state index contributed by atoms with van der Waals surface area (Å²) < 4.78 is 12.4. The second kappa shape index (κ2) is 11.5. The van der Waals surface area contributed by atoms with Crippen LogP contribution in [0.3, 0.4) is 0 Å². The molecule has 0 bridgehead atoms. The summed E-state index contributed by atoms with van der Waals surface area (Å²) in [5, 5.41) is 8.15. The number of benzene rings is 7. The monoisotopic (exact) mass is 642 g/mol. The Morgan fingerprint density at radius 3 is 1.66 bits per heavy atom. The molecule has 1 unspecified atom stereocenters. The van der Waals surface area contributed by atoms with E-state index in [2.05, 4.69) is 139 Å². The van der Waals surface area contributed by atoms with E-state index in [0.29, 0.717) is 0 Å². The first-order valence-corrected chi connectivity index (χ1v) is 16.9. The van der Waals surface area contributed by atoms with Gasteiger partial charge in [-0.25, -0.2) is 0 Å². The lowest BCUT2D eigenvalue weighted by Crippen LogP contribution is -2.25. The van der Waals surface area contributed by atoms with Gasteiger partial charge in [-0.1, -0.05) is 121 Å². The van der Waals surface area contributed by atoms with Crippen LogP contribution in [0.2, 0.25) is 0 Å². The lowest BCUT2D eigenvalue weighted by atomic mass is 9.90. The van der Waals surface area contributed by atoms with Crippen LogP contribution in [0.5, 0.6) is 0 Å². The molecule has 1 atom stereocenters. The Hall–Kier alpha value is -6.65. The van der Waals surface area contributed by atoms with Crippen molar-refractivity contribution in [2.24, 2.45) is 4.99 Å². The first-order chi connectivity index (χ1) is 24.7. The quantitative estimate of drug-likeness (QED) is 0.203. The summed E-state index contributed by atoms with van der Waals surface area (Å²) in [7, 11) is 0. The first kappa shape index (κ1) is 28.4. The number of fused-ring (bicyclic) bond motifs is 6. The van der Waals surface area contributed by atoms with Crippen LogP contribution >= 0.6 is 0 Å². The molecule has 4 heteroatoms. The second-order valence-corrected chi connectivity index (χ2v) is 12.8. The van der Waals surface area contributed by atoms with Crippen LogP contribution < -0.4 is 5.32 Å². The number of para-hydroxylation sites is 2. The molecule has 9 aromatic rings. The van der Waals surface area contributed by atoms with Crippen molar-refractivity contribution >= 4 is 55.3 Å². The van der Waals surface area contributed by atoms with Crippen molar-refractivity contribution in [1.82, 2.24) is 5.32 Å². The van der Waals surface area contributed by atoms with Gasteiger partial charge in [-0.05, 0) is 81.9 Å². The molecule has 1 aliphatic heterocycles. The summed E-state index contributed by atoms with van der Waals surface area (Å²) in [5.41, 5.74) is 13.2. The van der Waals surface area contributed by atoms with Crippen molar-refractivity contribution in [2.75, 3.05) is 0 Å². The average molecular weight is 643 g/mol. The highest BCUT2D eigenvalue weighted by molar-refractivity contribution is 6.17. The maximum atomic E-state index is 6.20. The fourth-order valence-electron chi connectivity index (χ4n) is 7.25. The van der Waals surface area contributed by atoms with E-state index in [0.717, 1.165) is 94.2 Å². The van der Waals surface area contributed by atoms with Gasteiger partial charge in [0.1, 0.15) is 28.5 Å². The number of hydrogen-bond donors (Lipinski definition) is 1. The Labute approximate surface area is 288 Å². The van der Waals surface area contributed by atoms with Crippen LogP contribution in [0, 0.1) is 0 Å². The number of hydrogen-bond acceptors (Lipinski definition) is 4. The summed E-state index contributed by atoms with van der Waals surface area (Å²) in [4.78, 5) is 5.40. The van der Waals surface area contributed by atoms with Crippen LogP contribution in [0.1, 0.15) is 22.9 Å². The van der Waals surface area contributed by atoms with Gasteiger partial charge >= 0.3 is 0 Å². The lowest BCUT2D eigenvalue weighted by molar-refractivity contribution is 0.664. The van der Waals surface area contributed by atoms with Gasteiger partial charge in [0.2, 0.25) is 0 Å². The van der Waals surface area contributed by atoms with Crippen LogP contribution in [-0.4, -0.2) is 5.71 Å². The van der Waals surface area contributed by atoms with Gasteiger partial charge < -0.3 is 14.2 Å². The van der Waals surface area contributed by atoms with E-state index in [9.17, 15) is 0 Å². The summed E-state index contributed by atoms with van der Waals surface area (Å²) in [6.45, 7) is 0. The number of nitrogens with zero attached hydrogens (tertiary/aromatic N) is 1. The maximum Gasteiger partial charge on any atom is 0.145 e. The largest absolute Gasteiger partial charge is 0.456 e. The molecule has 3 heterocycles. The number of allylic oxidation sites excluding steroid dienone is 1. The predicted octanol–water partition coefficient (Wildman–Crippen LogP) is 12.0. The summed E-state index contributed by atoms with van der Waals surface area (Å²) in [5.74, 6) is 0. The minimum atomic E-state index is -0.253. The second-order valence-electron chi connectivity index (χ2n) is 12.8. The van der Waals surface area contributed by atoms with Crippen molar-refractivity contribution in [3.8, 4) is 22.3 Å². The Morgan fingerprint density at radius 1 is 0.420 bits per heavy atom. The summed E-state index contributed by atoms with van der Waals surface area (Å²) >= 11 is 0. The van der Waals surface area contributed by atoms with Crippen LogP contribution in [0.15, 0.2) is 184 Å². The first-order valence-electron chi connectivity index (χ1n) is 16.9. The highest BCUT2D eigenvalue weighted by Crippen LogP contribution is 2.38.